The van der Waals surface area contributed by atoms with Crippen LogP contribution in [0.15, 0.2) is 31.0 Å². The number of pyridine rings is 1. The van der Waals surface area contributed by atoms with E-state index >= 15 is 4.79 Å². The van der Waals surface area contributed by atoms with Gasteiger partial charge in [0.2, 0.25) is 0 Å². The Bertz CT molecular complexity index is 1580. The van der Waals surface area contributed by atoms with Crippen LogP contribution in [-0.4, -0.2) is 80.1 Å². The fourth-order valence-corrected chi connectivity index (χ4v) is 9.30. The number of nitrogens with zero attached hydrogens (tertiary/aromatic N) is 4. The topological polar surface area (TPSA) is 130 Å². The highest BCUT2D eigenvalue weighted by Crippen LogP contribution is 2.49. The summed E-state index contributed by atoms with van der Waals surface area (Å²) >= 11 is 0. The molecule has 0 aliphatic carbocycles. The number of cyclic esters (lactones) is 1. The van der Waals surface area contributed by atoms with Crippen molar-refractivity contribution in [3.63, 3.8) is 0 Å². The Labute approximate surface area is 290 Å². The number of rotatable bonds is 2. The molecule has 49 heavy (non-hydrogen) atoms. The normalized spacial score (nSPS) is 34.9. The van der Waals surface area contributed by atoms with E-state index < -0.39 is 70.4 Å². The van der Waals surface area contributed by atoms with E-state index in [1.165, 1.54) is 0 Å². The lowest BCUT2D eigenvalue weighted by Gasteiger charge is -2.49. The Morgan fingerprint density at radius 2 is 1.69 bits per heavy atom. The van der Waals surface area contributed by atoms with Crippen LogP contribution in [0.3, 0.4) is 0 Å². The molecule has 0 radical (unpaired) electrons. The molecular weight excluding hydrogens is 624 g/mol. The van der Waals surface area contributed by atoms with Crippen LogP contribution in [0.2, 0.25) is 0 Å². The SMILES string of the molecule is CC[C@H]1OC(=O)[C@H](C)C(=O)[C@H](C)[C@@H](C(C)(C)C)[C@](C)(OC)C[C@@H]2C(=O)[C@H](C)[C@H]3N(CCCCn4cnc(c4)-c4cncc2c4)C(=O)O[C@]13C. The minimum atomic E-state index is -1.36. The number of imidazole rings is 1. The van der Waals surface area contributed by atoms with E-state index in [-0.39, 0.29) is 18.0 Å². The number of ketones is 2. The summed E-state index contributed by atoms with van der Waals surface area (Å²) in [6.45, 7) is 18.1. The molecule has 0 spiro atoms. The van der Waals surface area contributed by atoms with E-state index in [0.29, 0.717) is 31.5 Å². The number of methoxy groups -OCH3 is 1. The molecule has 11 nitrogen and oxygen atoms in total. The molecule has 5 heterocycles. The predicted molar refractivity (Wildman–Crippen MR) is 183 cm³/mol. The van der Waals surface area contributed by atoms with Crippen LogP contribution >= 0.6 is 0 Å². The lowest BCUT2D eigenvalue weighted by Crippen LogP contribution is -2.58. The molecule has 3 aliphatic rings. The van der Waals surface area contributed by atoms with E-state index in [1.54, 1.807) is 44.6 Å². The second kappa shape index (κ2) is 13.6. The largest absolute Gasteiger partial charge is 0.458 e. The summed E-state index contributed by atoms with van der Waals surface area (Å²) in [7, 11) is 1.62. The molecule has 2 aromatic heterocycles. The fourth-order valence-electron chi connectivity index (χ4n) is 9.30. The lowest BCUT2D eigenvalue weighted by atomic mass is 9.60. The first-order chi connectivity index (χ1) is 23.0. The van der Waals surface area contributed by atoms with Crippen LogP contribution in [-0.2, 0) is 35.1 Å². The van der Waals surface area contributed by atoms with Gasteiger partial charge >= 0.3 is 12.1 Å². The molecule has 2 fully saturated rings. The van der Waals surface area contributed by atoms with Gasteiger partial charge in [-0.1, -0.05) is 41.5 Å². The zero-order valence-electron chi connectivity index (χ0n) is 30.8. The Kier molecular flexibility index (Phi) is 10.2. The van der Waals surface area contributed by atoms with Crippen molar-refractivity contribution < 1.29 is 33.4 Å². The predicted octanol–water partition coefficient (Wildman–Crippen LogP) is 6.24. The van der Waals surface area contributed by atoms with Gasteiger partial charge in [-0.15, -0.1) is 0 Å². The van der Waals surface area contributed by atoms with Gasteiger partial charge in [-0.25, -0.2) is 9.78 Å². The minimum absolute atomic E-state index is 0.111. The highest BCUT2D eigenvalue weighted by Gasteiger charge is 2.60. The van der Waals surface area contributed by atoms with Crippen molar-refractivity contribution in [3.8, 4) is 11.3 Å². The standard InChI is InChI=1S/C38H54N4O7/c1-11-29-38(9)33-23(3)31(44)27(17-37(8,47-10)32(36(5,6)7)22(2)30(43)24(4)34(45)48-29)25-16-26(19-39-18-25)28-20-41(21-40-28)14-12-13-15-42(33)35(46)49-38/h16,18-24,27,29,32-33H,11-15,17H2,1-10H3/t22-,23-,24+,27-,29+,32-,33+,37+,38+/m0/s1. The van der Waals surface area contributed by atoms with Gasteiger partial charge < -0.3 is 23.7 Å². The molecular formula is C38H54N4O7. The van der Waals surface area contributed by atoms with Gasteiger partial charge in [-0.3, -0.25) is 19.4 Å². The third-order valence-electron chi connectivity index (χ3n) is 11.6. The number of carbonyl (C=O) groups excluding carboxylic acids is 4. The van der Waals surface area contributed by atoms with Crippen molar-refractivity contribution in [1.29, 1.82) is 0 Å². The quantitative estimate of drug-likeness (QED) is 0.268. The van der Waals surface area contributed by atoms with Crippen LogP contribution < -0.4 is 0 Å². The Balaban J connectivity index is 1.78. The van der Waals surface area contributed by atoms with E-state index in [0.717, 1.165) is 17.7 Å². The number of aryl methyl sites for hydroxylation is 1. The van der Waals surface area contributed by atoms with Crippen molar-refractivity contribution in [2.45, 2.75) is 124 Å². The van der Waals surface area contributed by atoms with Gasteiger partial charge in [0.05, 0.1) is 23.7 Å². The highest BCUT2D eigenvalue weighted by atomic mass is 16.6. The summed E-state index contributed by atoms with van der Waals surface area (Å²) in [4.78, 5) is 68.0. The molecule has 11 heteroatoms. The Morgan fingerprint density at radius 3 is 2.35 bits per heavy atom. The number of esters is 1. The second-order valence-corrected chi connectivity index (χ2v) is 16.0. The van der Waals surface area contributed by atoms with Crippen LogP contribution in [0, 0.1) is 29.1 Å². The number of Topliss-reactive ketones (excluding diaryl/α,β-unsaturated/α-hetero) is 2. The van der Waals surface area contributed by atoms with Crippen molar-refractivity contribution >= 4 is 23.6 Å². The Hall–Kier alpha value is -3.60. The zero-order chi connectivity index (χ0) is 36.1. The van der Waals surface area contributed by atoms with E-state index in [1.807, 2.05) is 44.5 Å². The molecule has 1 amide bonds. The molecule has 5 rings (SSSR count). The average Bonchev–Trinajstić information content (AvgIpc) is 3.63. The summed E-state index contributed by atoms with van der Waals surface area (Å²) in [5.74, 6) is -4.58. The molecule has 2 saturated heterocycles. The monoisotopic (exact) mass is 678 g/mol. The van der Waals surface area contributed by atoms with Crippen LogP contribution in [0.25, 0.3) is 11.3 Å². The van der Waals surface area contributed by atoms with E-state index in [4.69, 9.17) is 14.2 Å². The van der Waals surface area contributed by atoms with Crippen molar-refractivity contribution in [1.82, 2.24) is 19.4 Å². The van der Waals surface area contributed by atoms with Crippen molar-refractivity contribution in [2.24, 2.45) is 29.1 Å². The number of aromatic nitrogens is 3. The molecule has 0 aromatic carbocycles. The minimum Gasteiger partial charge on any atom is -0.458 e. The second-order valence-electron chi connectivity index (χ2n) is 16.0. The van der Waals surface area contributed by atoms with Crippen molar-refractivity contribution in [2.75, 3.05) is 13.7 Å². The first-order valence-corrected chi connectivity index (χ1v) is 17.8. The maximum atomic E-state index is 15.3. The number of amides is 1. The van der Waals surface area contributed by atoms with E-state index in [2.05, 4.69) is 30.7 Å². The molecule has 0 saturated carbocycles. The summed E-state index contributed by atoms with van der Waals surface area (Å²) in [6.07, 6.45) is 7.78. The first-order valence-electron chi connectivity index (χ1n) is 17.8. The molecule has 3 aliphatic heterocycles. The van der Waals surface area contributed by atoms with Gasteiger partial charge in [0, 0.05) is 68.0 Å². The first kappa shape index (κ1) is 36.7. The lowest BCUT2D eigenvalue weighted by molar-refractivity contribution is -0.173. The van der Waals surface area contributed by atoms with Crippen molar-refractivity contribution in [3.05, 3.63) is 36.5 Å². The number of ether oxygens (including phenoxy) is 3. The summed E-state index contributed by atoms with van der Waals surface area (Å²) in [6, 6.07) is 1.23. The van der Waals surface area contributed by atoms with Gasteiger partial charge in [0.15, 0.2) is 5.60 Å². The number of hydrogen-bond donors (Lipinski definition) is 0. The summed E-state index contributed by atoms with van der Waals surface area (Å²) in [5.41, 5.74) is -0.575. The van der Waals surface area contributed by atoms with Crippen LogP contribution in [0.1, 0.15) is 99.5 Å². The molecule has 6 bridgehead atoms. The molecule has 0 N–H and O–H groups in total. The molecule has 268 valence electrons. The van der Waals surface area contributed by atoms with Gasteiger partial charge in [0.1, 0.15) is 23.6 Å². The number of fused-ring (bicyclic) bond motifs is 8. The third kappa shape index (κ3) is 6.67. The molecule has 0 unspecified atom stereocenters. The number of hydrogen-bond acceptors (Lipinski definition) is 9. The van der Waals surface area contributed by atoms with Gasteiger partial charge in [-0.05, 0) is 63.5 Å². The van der Waals surface area contributed by atoms with Gasteiger partial charge in [0.25, 0.3) is 0 Å². The fraction of sp³-hybridized carbons (Fsp3) is 0.684. The maximum absolute atomic E-state index is 15.3. The average molecular weight is 679 g/mol. The summed E-state index contributed by atoms with van der Waals surface area (Å²) < 4.78 is 20.7. The molecule has 2 aromatic rings. The Morgan fingerprint density at radius 1 is 1.00 bits per heavy atom. The maximum Gasteiger partial charge on any atom is 0.410 e. The third-order valence-corrected chi connectivity index (χ3v) is 11.6. The smallest absolute Gasteiger partial charge is 0.410 e. The zero-order valence-corrected chi connectivity index (χ0v) is 30.8. The summed E-state index contributed by atoms with van der Waals surface area (Å²) in [5, 5.41) is 0. The van der Waals surface area contributed by atoms with Crippen LogP contribution in [0.4, 0.5) is 4.79 Å². The van der Waals surface area contributed by atoms with Crippen LogP contribution in [0.5, 0.6) is 0 Å². The van der Waals surface area contributed by atoms with Gasteiger partial charge in [-0.2, -0.15) is 0 Å². The van der Waals surface area contributed by atoms with E-state index in [9.17, 15) is 14.4 Å². The molecule has 9 atom stereocenters. The highest BCUT2D eigenvalue weighted by molar-refractivity contribution is 6.00. The number of carbonyl (C=O) groups is 4.